The van der Waals surface area contributed by atoms with E-state index < -0.39 is 4.92 Å². The van der Waals surface area contributed by atoms with Crippen molar-refractivity contribution in [2.24, 2.45) is 10.7 Å². The molecule has 3 N–H and O–H groups in total. The average molecular weight is 270 g/mol. The van der Waals surface area contributed by atoms with Gasteiger partial charge in [-0.05, 0) is 17.7 Å². The molecule has 0 aliphatic rings. The Morgan fingerprint density at radius 2 is 1.80 bits per heavy atom. The summed E-state index contributed by atoms with van der Waals surface area (Å²) >= 11 is 0. The van der Waals surface area contributed by atoms with Gasteiger partial charge in [0.25, 0.3) is 5.69 Å². The van der Waals surface area contributed by atoms with E-state index in [4.69, 9.17) is 5.73 Å². The predicted molar refractivity (Wildman–Crippen MR) is 78.5 cm³/mol. The maximum Gasteiger partial charge on any atom is 0.269 e. The number of benzene rings is 2. The summed E-state index contributed by atoms with van der Waals surface area (Å²) in [5.41, 5.74) is 7.54. The van der Waals surface area contributed by atoms with Gasteiger partial charge in [0.15, 0.2) is 5.96 Å². The van der Waals surface area contributed by atoms with Crippen LogP contribution in [0.2, 0.25) is 0 Å². The number of anilines is 1. The fourth-order valence-corrected chi connectivity index (χ4v) is 1.61. The number of nitrogens with one attached hydrogen (secondary N) is 1. The van der Waals surface area contributed by atoms with Crippen molar-refractivity contribution in [2.45, 2.75) is 6.54 Å². The van der Waals surface area contributed by atoms with E-state index in [1.165, 1.54) is 12.1 Å². The molecule has 2 rings (SSSR count). The van der Waals surface area contributed by atoms with Crippen molar-refractivity contribution in [3.63, 3.8) is 0 Å². The first-order valence-corrected chi connectivity index (χ1v) is 6.00. The minimum absolute atomic E-state index is 0.0631. The fourth-order valence-electron chi connectivity index (χ4n) is 1.61. The van der Waals surface area contributed by atoms with Crippen molar-refractivity contribution in [2.75, 3.05) is 5.32 Å². The summed E-state index contributed by atoms with van der Waals surface area (Å²) in [5.74, 6) is 0.301. The Morgan fingerprint density at radius 3 is 2.40 bits per heavy atom. The molecule has 0 atom stereocenters. The number of guanidine groups is 1. The molecule has 0 aliphatic heterocycles. The Morgan fingerprint density at radius 1 is 1.15 bits per heavy atom. The van der Waals surface area contributed by atoms with Crippen LogP contribution in [0.4, 0.5) is 11.4 Å². The predicted octanol–water partition coefficient (Wildman–Crippen LogP) is 2.52. The van der Waals surface area contributed by atoms with Gasteiger partial charge in [0.05, 0.1) is 11.5 Å². The van der Waals surface area contributed by atoms with Gasteiger partial charge in [-0.1, -0.05) is 30.3 Å². The van der Waals surface area contributed by atoms with Gasteiger partial charge in [0.2, 0.25) is 0 Å². The first-order valence-electron chi connectivity index (χ1n) is 6.00. The second kappa shape index (κ2) is 6.33. The van der Waals surface area contributed by atoms with Gasteiger partial charge in [0.1, 0.15) is 0 Å². The van der Waals surface area contributed by atoms with E-state index in [2.05, 4.69) is 10.3 Å². The maximum atomic E-state index is 10.5. The van der Waals surface area contributed by atoms with Crippen LogP contribution in [-0.4, -0.2) is 10.9 Å². The van der Waals surface area contributed by atoms with Crippen molar-refractivity contribution in [1.82, 2.24) is 0 Å². The molecule has 0 radical (unpaired) electrons. The number of para-hydroxylation sites is 1. The molecule has 6 heteroatoms. The zero-order valence-electron chi connectivity index (χ0n) is 10.7. The number of non-ortho nitro benzene ring substituents is 1. The third-order valence-corrected chi connectivity index (χ3v) is 2.63. The molecule has 0 fully saturated rings. The van der Waals surface area contributed by atoms with Gasteiger partial charge >= 0.3 is 0 Å². The van der Waals surface area contributed by atoms with Crippen molar-refractivity contribution >= 4 is 17.3 Å². The SMILES string of the molecule is NC(=NCc1ccc([N+](=O)[O-])cc1)Nc1ccccc1. The molecule has 2 aromatic rings. The van der Waals surface area contributed by atoms with E-state index in [-0.39, 0.29) is 5.69 Å². The van der Waals surface area contributed by atoms with Crippen LogP contribution in [0, 0.1) is 10.1 Å². The summed E-state index contributed by atoms with van der Waals surface area (Å²) in [5, 5.41) is 13.5. The second-order valence-corrected chi connectivity index (χ2v) is 4.12. The number of nitro groups is 1. The van der Waals surface area contributed by atoms with E-state index in [1.54, 1.807) is 12.1 Å². The molecule has 0 spiro atoms. The van der Waals surface area contributed by atoms with Crippen molar-refractivity contribution < 1.29 is 4.92 Å². The molecule has 6 nitrogen and oxygen atoms in total. The highest BCUT2D eigenvalue weighted by Gasteiger charge is 2.03. The molecule has 0 aliphatic carbocycles. The second-order valence-electron chi connectivity index (χ2n) is 4.12. The Hall–Kier alpha value is -2.89. The van der Waals surface area contributed by atoms with Crippen molar-refractivity contribution in [3.8, 4) is 0 Å². The van der Waals surface area contributed by atoms with E-state index >= 15 is 0 Å². The Labute approximate surface area is 116 Å². The number of rotatable bonds is 4. The topological polar surface area (TPSA) is 93.5 Å². The third kappa shape index (κ3) is 3.81. The van der Waals surface area contributed by atoms with Crippen LogP contribution in [0.15, 0.2) is 59.6 Å². The normalized spacial score (nSPS) is 11.1. The summed E-state index contributed by atoms with van der Waals surface area (Å²) < 4.78 is 0. The number of nitrogens with two attached hydrogens (primary N) is 1. The monoisotopic (exact) mass is 270 g/mol. The number of nitro benzene ring substituents is 1. The van der Waals surface area contributed by atoms with Crippen LogP contribution in [-0.2, 0) is 6.54 Å². The highest BCUT2D eigenvalue weighted by molar-refractivity contribution is 5.92. The number of hydrogen-bond acceptors (Lipinski definition) is 3. The van der Waals surface area contributed by atoms with Crippen LogP contribution < -0.4 is 11.1 Å². The summed E-state index contributed by atoms with van der Waals surface area (Å²) in [7, 11) is 0. The lowest BCUT2D eigenvalue weighted by Gasteiger charge is -2.05. The molecule has 102 valence electrons. The van der Waals surface area contributed by atoms with Crippen molar-refractivity contribution in [3.05, 3.63) is 70.3 Å². The van der Waals surface area contributed by atoms with Crippen LogP contribution in [0.5, 0.6) is 0 Å². The van der Waals surface area contributed by atoms with Crippen LogP contribution >= 0.6 is 0 Å². The Kier molecular flexibility index (Phi) is 4.28. The van der Waals surface area contributed by atoms with Gasteiger partial charge in [0, 0.05) is 17.8 Å². The van der Waals surface area contributed by atoms with Crippen LogP contribution in [0.3, 0.4) is 0 Å². The average Bonchev–Trinajstić information content (AvgIpc) is 2.46. The lowest BCUT2D eigenvalue weighted by molar-refractivity contribution is -0.384. The Balaban J connectivity index is 1.96. The smallest absolute Gasteiger partial charge is 0.269 e. The minimum Gasteiger partial charge on any atom is -0.370 e. The quantitative estimate of drug-likeness (QED) is 0.386. The fraction of sp³-hybridized carbons (Fsp3) is 0.0714. The molecule has 20 heavy (non-hydrogen) atoms. The van der Waals surface area contributed by atoms with Gasteiger partial charge in [-0.3, -0.25) is 10.1 Å². The first kappa shape index (κ1) is 13.5. The maximum absolute atomic E-state index is 10.5. The molecular weight excluding hydrogens is 256 g/mol. The zero-order chi connectivity index (χ0) is 14.4. The first-order chi connectivity index (χ1) is 9.65. The minimum atomic E-state index is -0.432. The van der Waals surface area contributed by atoms with E-state index in [9.17, 15) is 10.1 Å². The largest absolute Gasteiger partial charge is 0.370 e. The molecular formula is C14H14N4O2. The summed E-state index contributed by atoms with van der Waals surface area (Å²) in [6.07, 6.45) is 0. The molecule has 0 unspecified atom stereocenters. The summed E-state index contributed by atoms with van der Waals surface area (Å²) in [6, 6.07) is 15.7. The van der Waals surface area contributed by atoms with E-state index in [1.807, 2.05) is 30.3 Å². The molecule has 0 aromatic heterocycles. The molecule has 0 bridgehead atoms. The number of aliphatic imine (C=N–C) groups is 1. The van der Waals surface area contributed by atoms with E-state index in [0.717, 1.165) is 11.3 Å². The van der Waals surface area contributed by atoms with Gasteiger partial charge < -0.3 is 11.1 Å². The van der Waals surface area contributed by atoms with Gasteiger partial charge in [-0.15, -0.1) is 0 Å². The lowest BCUT2D eigenvalue weighted by atomic mass is 10.2. The molecule has 0 heterocycles. The van der Waals surface area contributed by atoms with E-state index in [0.29, 0.717) is 12.5 Å². The molecule has 2 aromatic carbocycles. The summed E-state index contributed by atoms with van der Waals surface area (Å²) in [6.45, 7) is 0.365. The molecule has 0 amide bonds. The number of nitrogens with zero attached hydrogens (tertiary/aromatic N) is 2. The molecule has 0 saturated heterocycles. The zero-order valence-corrected chi connectivity index (χ0v) is 10.7. The standard InChI is InChI=1S/C14H14N4O2/c15-14(17-12-4-2-1-3-5-12)16-10-11-6-8-13(9-7-11)18(19)20/h1-9H,10H2,(H3,15,16,17). The lowest BCUT2D eigenvalue weighted by Crippen LogP contribution is -2.22. The highest BCUT2D eigenvalue weighted by Crippen LogP contribution is 2.12. The van der Waals surface area contributed by atoms with Crippen molar-refractivity contribution in [1.29, 1.82) is 0 Å². The summed E-state index contributed by atoms with van der Waals surface area (Å²) in [4.78, 5) is 14.3. The highest BCUT2D eigenvalue weighted by atomic mass is 16.6. The van der Waals surface area contributed by atoms with Crippen LogP contribution in [0.25, 0.3) is 0 Å². The Bertz CT molecular complexity index is 609. The van der Waals surface area contributed by atoms with Gasteiger partial charge in [-0.25, -0.2) is 4.99 Å². The molecule has 0 saturated carbocycles. The number of hydrogen-bond donors (Lipinski definition) is 2. The van der Waals surface area contributed by atoms with Gasteiger partial charge in [-0.2, -0.15) is 0 Å². The van der Waals surface area contributed by atoms with Crippen LogP contribution in [0.1, 0.15) is 5.56 Å². The third-order valence-electron chi connectivity index (χ3n) is 2.63.